The molecule has 1 rings (SSSR count). The van der Waals surface area contributed by atoms with Crippen molar-refractivity contribution in [2.75, 3.05) is 23.9 Å². The first-order chi connectivity index (χ1) is 8.86. The quantitative estimate of drug-likeness (QED) is 0.233. The van der Waals surface area contributed by atoms with E-state index in [1.165, 1.54) is 18.6 Å². The van der Waals surface area contributed by atoms with Crippen molar-refractivity contribution in [3.63, 3.8) is 0 Å². The highest BCUT2D eigenvalue weighted by molar-refractivity contribution is 7.98. The lowest BCUT2D eigenvalue weighted by Crippen LogP contribution is -2.36. The Balaban J connectivity index is 2.27. The Morgan fingerprint density at radius 2 is 2.00 bits per heavy atom. The number of guanidine groups is 1. The zero-order valence-corrected chi connectivity index (χ0v) is 11.7. The lowest BCUT2D eigenvalue weighted by molar-refractivity contribution is 0.730. The molecular weight excluding hydrogens is 244 g/mol. The Kier molecular flexibility index (Phi) is 8.08. The molecule has 0 aliphatic heterocycles. The van der Waals surface area contributed by atoms with Gasteiger partial charge >= 0.3 is 0 Å². The number of thioether (sulfide) groups is 1. The molecule has 0 saturated carbocycles. The number of nitrogens with one attached hydrogen (secondary N) is 2. The highest BCUT2D eigenvalue weighted by Gasteiger charge is 1.96. The molecule has 1 aromatic carbocycles. The zero-order valence-electron chi connectivity index (χ0n) is 10.9. The lowest BCUT2D eigenvalue weighted by atomic mass is 10.2. The van der Waals surface area contributed by atoms with E-state index >= 15 is 0 Å². The van der Waals surface area contributed by atoms with E-state index in [2.05, 4.69) is 22.0 Å². The van der Waals surface area contributed by atoms with Crippen molar-refractivity contribution in [2.45, 2.75) is 19.3 Å². The van der Waals surface area contributed by atoms with E-state index in [0.717, 1.165) is 18.7 Å². The summed E-state index contributed by atoms with van der Waals surface area (Å²) in [6.45, 7) is 0.799. The number of unbranched alkanes of at least 4 members (excludes halogenated alkanes) is 2. The highest BCUT2D eigenvalue weighted by Crippen LogP contribution is 2.05. The van der Waals surface area contributed by atoms with E-state index in [9.17, 15) is 0 Å². The number of anilines is 1. The number of hydrogen-bond acceptors (Lipinski definition) is 3. The van der Waals surface area contributed by atoms with Gasteiger partial charge in [0.15, 0.2) is 0 Å². The van der Waals surface area contributed by atoms with Crippen LogP contribution in [0, 0.1) is 0 Å². The van der Waals surface area contributed by atoms with Gasteiger partial charge in [-0.1, -0.05) is 24.6 Å². The lowest BCUT2D eigenvalue weighted by Gasteiger charge is -2.08. The fourth-order valence-corrected chi connectivity index (χ4v) is 2.00. The highest BCUT2D eigenvalue weighted by atomic mass is 32.2. The number of aliphatic imine (C=N–C) groups is 1. The minimum Gasteiger partial charge on any atom is -0.325 e. The molecule has 4 nitrogen and oxygen atoms in total. The molecule has 0 heterocycles. The van der Waals surface area contributed by atoms with Gasteiger partial charge in [-0.25, -0.2) is 5.84 Å². The van der Waals surface area contributed by atoms with Crippen molar-refractivity contribution in [1.29, 1.82) is 0 Å². The third-order valence-electron chi connectivity index (χ3n) is 2.45. The molecule has 1 aromatic rings. The van der Waals surface area contributed by atoms with Crippen LogP contribution in [0.5, 0.6) is 0 Å². The van der Waals surface area contributed by atoms with Gasteiger partial charge in [-0.3, -0.25) is 10.4 Å². The number of hydrazine groups is 1. The van der Waals surface area contributed by atoms with Crippen LogP contribution < -0.4 is 16.6 Å². The van der Waals surface area contributed by atoms with Gasteiger partial charge in [0.2, 0.25) is 5.96 Å². The largest absolute Gasteiger partial charge is 0.325 e. The molecule has 0 atom stereocenters. The molecule has 0 bridgehead atoms. The topological polar surface area (TPSA) is 62.4 Å². The Morgan fingerprint density at radius 3 is 2.67 bits per heavy atom. The third kappa shape index (κ3) is 6.51. The minimum absolute atomic E-state index is 0.617. The van der Waals surface area contributed by atoms with Crippen LogP contribution in [0.3, 0.4) is 0 Å². The summed E-state index contributed by atoms with van der Waals surface area (Å²) in [6.07, 6.45) is 5.71. The van der Waals surface area contributed by atoms with E-state index in [4.69, 9.17) is 5.84 Å². The Hall–Kier alpha value is -1.20. The smallest absolute Gasteiger partial charge is 0.210 e. The van der Waals surface area contributed by atoms with E-state index in [1.54, 1.807) is 0 Å². The van der Waals surface area contributed by atoms with E-state index in [-0.39, 0.29) is 0 Å². The second-order valence-electron chi connectivity index (χ2n) is 3.92. The third-order valence-corrected chi connectivity index (χ3v) is 3.15. The Morgan fingerprint density at radius 1 is 1.22 bits per heavy atom. The van der Waals surface area contributed by atoms with Crippen LogP contribution in [-0.2, 0) is 0 Å². The van der Waals surface area contributed by atoms with Gasteiger partial charge in [-0.2, -0.15) is 11.8 Å². The predicted octanol–water partition coefficient (Wildman–Crippen LogP) is 2.45. The van der Waals surface area contributed by atoms with Crippen LogP contribution in [0.4, 0.5) is 5.69 Å². The van der Waals surface area contributed by atoms with Crippen LogP contribution in [-0.4, -0.2) is 24.5 Å². The normalized spacial score (nSPS) is 11.3. The van der Waals surface area contributed by atoms with Crippen molar-refractivity contribution in [3.8, 4) is 0 Å². The molecule has 0 saturated heterocycles. The van der Waals surface area contributed by atoms with Gasteiger partial charge in [0, 0.05) is 12.2 Å². The van der Waals surface area contributed by atoms with Gasteiger partial charge in [0.05, 0.1) is 0 Å². The van der Waals surface area contributed by atoms with Crippen LogP contribution in [0.25, 0.3) is 0 Å². The second-order valence-corrected chi connectivity index (χ2v) is 4.90. The van der Waals surface area contributed by atoms with Gasteiger partial charge in [-0.05, 0) is 37.0 Å². The summed E-state index contributed by atoms with van der Waals surface area (Å²) in [6, 6.07) is 9.87. The Bertz CT molecular complexity index is 340. The van der Waals surface area contributed by atoms with Crippen molar-refractivity contribution in [2.24, 2.45) is 10.8 Å². The number of rotatable bonds is 7. The average Bonchev–Trinajstić information content (AvgIpc) is 2.42. The molecule has 0 radical (unpaired) electrons. The van der Waals surface area contributed by atoms with Gasteiger partial charge < -0.3 is 5.32 Å². The number of nitrogens with two attached hydrogens (primary N) is 1. The molecule has 5 heteroatoms. The van der Waals surface area contributed by atoms with Crippen molar-refractivity contribution in [1.82, 2.24) is 5.43 Å². The van der Waals surface area contributed by atoms with Crippen molar-refractivity contribution >= 4 is 23.4 Å². The fraction of sp³-hybridized carbons (Fsp3) is 0.462. The molecule has 4 N–H and O–H groups in total. The van der Waals surface area contributed by atoms with Crippen LogP contribution in [0.15, 0.2) is 35.3 Å². The maximum Gasteiger partial charge on any atom is 0.210 e. The van der Waals surface area contributed by atoms with Crippen molar-refractivity contribution in [3.05, 3.63) is 30.3 Å². The molecule has 0 spiro atoms. The maximum absolute atomic E-state index is 5.44. The Labute approximate surface area is 113 Å². The number of nitrogens with zero attached hydrogens (tertiary/aromatic N) is 1. The summed E-state index contributed by atoms with van der Waals surface area (Å²) in [7, 11) is 0. The molecule has 0 aromatic heterocycles. The summed E-state index contributed by atoms with van der Waals surface area (Å²) < 4.78 is 0. The standard InChI is InChI=1S/C13H22N4S/c1-18-11-7-3-6-10-15-13(17-14)16-12-8-4-2-5-9-12/h2,4-5,8-9H,3,6-7,10-11,14H2,1H3,(H2,15,16,17). The van der Waals surface area contributed by atoms with Crippen LogP contribution in [0.1, 0.15) is 19.3 Å². The van der Waals surface area contributed by atoms with Crippen LogP contribution >= 0.6 is 11.8 Å². The average molecular weight is 266 g/mol. The molecule has 0 aliphatic carbocycles. The van der Waals surface area contributed by atoms with E-state index in [0.29, 0.717) is 5.96 Å². The number of hydrogen-bond donors (Lipinski definition) is 3. The molecule has 0 unspecified atom stereocenters. The first-order valence-electron chi connectivity index (χ1n) is 6.19. The minimum atomic E-state index is 0.617. The van der Waals surface area contributed by atoms with Gasteiger partial charge in [-0.15, -0.1) is 0 Å². The van der Waals surface area contributed by atoms with Crippen molar-refractivity contribution < 1.29 is 0 Å². The summed E-state index contributed by atoms with van der Waals surface area (Å²) in [4.78, 5) is 4.40. The van der Waals surface area contributed by atoms with Crippen LogP contribution in [0.2, 0.25) is 0 Å². The fourth-order valence-electron chi connectivity index (χ4n) is 1.51. The molecule has 0 fully saturated rings. The zero-order chi connectivity index (χ0) is 13.1. The SMILES string of the molecule is CSCCCCCN=C(NN)Nc1ccccc1. The monoisotopic (exact) mass is 266 g/mol. The second kappa shape index (κ2) is 9.79. The van der Waals surface area contributed by atoms with E-state index in [1.807, 2.05) is 42.1 Å². The molecule has 100 valence electrons. The summed E-state index contributed by atoms with van der Waals surface area (Å²) in [5.74, 6) is 7.28. The van der Waals surface area contributed by atoms with Gasteiger partial charge in [0.1, 0.15) is 0 Å². The van der Waals surface area contributed by atoms with E-state index < -0.39 is 0 Å². The predicted molar refractivity (Wildman–Crippen MR) is 81.9 cm³/mol. The molecule has 18 heavy (non-hydrogen) atoms. The first kappa shape index (κ1) is 14.9. The summed E-state index contributed by atoms with van der Waals surface area (Å²) in [5, 5.41) is 3.14. The number of para-hydroxylation sites is 1. The molecule has 0 amide bonds. The summed E-state index contributed by atoms with van der Waals surface area (Å²) in [5.41, 5.74) is 3.57. The summed E-state index contributed by atoms with van der Waals surface area (Å²) >= 11 is 1.89. The maximum atomic E-state index is 5.44. The number of benzene rings is 1. The van der Waals surface area contributed by atoms with Gasteiger partial charge in [0.25, 0.3) is 0 Å². The molecular formula is C13H22N4S. The molecule has 0 aliphatic rings. The first-order valence-corrected chi connectivity index (χ1v) is 7.58.